The highest BCUT2D eigenvalue weighted by Gasteiger charge is 2.27. The summed E-state index contributed by atoms with van der Waals surface area (Å²) < 4.78 is 19.8. The lowest BCUT2D eigenvalue weighted by Gasteiger charge is -2.34. The van der Waals surface area contributed by atoms with Crippen LogP contribution in [0.25, 0.3) is 0 Å². The van der Waals surface area contributed by atoms with Crippen molar-refractivity contribution in [3.05, 3.63) is 35.1 Å². The van der Waals surface area contributed by atoms with Crippen molar-refractivity contribution in [2.75, 3.05) is 6.54 Å². The van der Waals surface area contributed by atoms with E-state index in [1.165, 1.54) is 12.8 Å². The van der Waals surface area contributed by atoms with Crippen LogP contribution in [0.5, 0.6) is 0 Å². The molecule has 2 nitrogen and oxygen atoms in total. The molecule has 1 N–H and O–H groups in total. The molecule has 0 amide bonds. The molecule has 0 atom stereocenters. The van der Waals surface area contributed by atoms with Crippen LogP contribution in [0.2, 0.25) is 0 Å². The fraction of sp³-hybridized carbons (Fsp3) is 0.667. The molecule has 1 aromatic carbocycles. The molecule has 0 spiro atoms. The molecule has 1 fully saturated rings. The minimum atomic E-state index is -0.161. The van der Waals surface area contributed by atoms with Gasteiger partial charge >= 0.3 is 0 Å². The smallest absolute Gasteiger partial charge is 0.128 e. The van der Waals surface area contributed by atoms with Crippen LogP contribution in [-0.4, -0.2) is 12.6 Å². The SMILES string of the molecule is CCNCc1ccc(F)c(COC2CCC(C)(C)CC2)c1. The van der Waals surface area contributed by atoms with Crippen LogP contribution >= 0.6 is 0 Å². The lowest BCUT2D eigenvalue weighted by atomic mass is 9.76. The largest absolute Gasteiger partial charge is 0.373 e. The average molecular weight is 293 g/mol. The summed E-state index contributed by atoms with van der Waals surface area (Å²) in [7, 11) is 0. The topological polar surface area (TPSA) is 21.3 Å². The highest BCUT2D eigenvalue weighted by Crippen LogP contribution is 2.36. The summed E-state index contributed by atoms with van der Waals surface area (Å²) in [6.45, 7) is 8.78. The van der Waals surface area contributed by atoms with Gasteiger partial charge < -0.3 is 10.1 Å². The average Bonchev–Trinajstić information content (AvgIpc) is 2.46. The Labute approximate surface area is 128 Å². The Kier molecular flexibility index (Phi) is 5.77. The van der Waals surface area contributed by atoms with Gasteiger partial charge in [0.1, 0.15) is 5.82 Å². The van der Waals surface area contributed by atoms with Crippen molar-refractivity contribution in [3.63, 3.8) is 0 Å². The van der Waals surface area contributed by atoms with Crippen LogP contribution in [0, 0.1) is 11.2 Å². The standard InChI is InChI=1S/C18H28FNO/c1-4-20-12-14-5-6-17(19)15(11-14)13-21-16-7-9-18(2,3)10-8-16/h5-6,11,16,20H,4,7-10,12-13H2,1-3H3. The Morgan fingerprint density at radius 1 is 1.29 bits per heavy atom. The third-order valence-electron chi connectivity index (χ3n) is 4.45. The number of benzene rings is 1. The van der Waals surface area contributed by atoms with E-state index in [4.69, 9.17) is 4.74 Å². The summed E-state index contributed by atoms with van der Waals surface area (Å²) in [6.07, 6.45) is 4.85. The molecule has 1 aromatic rings. The van der Waals surface area contributed by atoms with Crippen LogP contribution in [0.4, 0.5) is 4.39 Å². The molecule has 0 radical (unpaired) electrons. The normalized spacial score (nSPS) is 18.9. The van der Waals surface area contributed by atoms with Crippen LogP contribution in [-0.2, 0) is 17.9 Å². The molecule has 1 saturated carbocycles. The lowest BCUT2D eigenvalue weighted by Crippen LogP contribution is -2.26. The molecule has 0 aliphatic heterocycles. The van der Waals surface area contributed by atoms with E-state index in [0.717, 1.165) is 31.5 Å². The first-order valence-corrected chi connectivity index (χ1v) is 8.10. The monoisotopic (exact) mass is 293 g/mol. The van der Waals surface area contributed by atoms with Crippen molar-refractivity contribution in [2.24, 2.45) is 5.41 Å². The lowest BCUT2D eigenvalue weighted by molar-refractivity contribution is -0.00662. The first-order chi connectivity index (χ1) is 10.00. The second-order valence-electron chi connectivity index (χ2n) is 6.88. The van der Waals surface area contributed by atoms with Gasteiger partial charge in [-0.3, -0.25) is 0 Å². The fourth-order valence-electron chi connectivity index (χ4n) is 2.87. The third-order valence-corrected chi connectivity index (χ3v) is 4.45. The predicted octanol–water partition coefficient (Wildman–Crippen LogP) is 4.42. The van der Waals surface area contributed by atoms with E-state index in [1.807, 2.05) is 12.1 Å². The zero-order chi connectivity index (χ0) is 15.3. The molecule has 0 heterocycles. The molecule has 0 aromatic heterocycles. The van der Waals surface area contributed by atoms with Crippen LogP contribution in [0.1, 0.15) is 57.6 Å². The highest BCUT2D eigenvalue weighted by atomic mass is 19.1. The van der Waals surface area contributed by atoms with E-state index >= 15 is 0 Å². The Hall–Kier alpha value is -0.930. The maximum Gasteiger partial charge on any atom is 0.128 e. The van der Waals surface area contributed by atoms with Gasteiger partial charge in [0.2, 0.25) is 0 Å². The summed E-state index contributed by atoms with van der Waals surface area (Å²) in [5, 5.41) is 3.26. The van der Waals surface area contributed by atoms with Crippen LogP contribution < -0.4 is 5.32 Å². The third kappa shape index (κ3) is 5.08. The Morgan fingerprint density at radius 3 is 2.67 bits per heavy atom. The van der Waals surface area contributed by atoms with Gasteiger partial charge in [0.25, 0.3) is 0 Å². The molecule has 2 rings (SSSR count). The number of hydrogen-bond acceptors (Lipinski definition) is 2. The molecule has 1 aliphatic carbocycles. The minimum absolute atomic E-state index is 0.161. The van der Waals surface area contributed by atoms with E-state index in [0.29, 0.717) is 17.6 Å². The minimum Gasteiger partial charge on any atom is -0.373 e. The first-order valence-electron chi connectivity index (χ1n) is 8.10. The van der Waals surface area contributed by atoms with Crippen molar-refractivity contribution >= 4 is 0 Å². The number of nitrogens with one attached hydrogen (secondary N) is 1. The number of ether oxygens (including phenoxy) is 1. The van der Waals surface area contributed by atoms with Crippen molar-refractivity contribution in [1.29, 1.82) is 0 Å². The summed E-state index contributed by atoms with van der Waals surface area (Å²) in [5.41, 5.74) is 2.23. The van der Waals surface area contributed by atoms with Gasteiger partial charge in [-0.05, 0) is 55.3 Å². The molecule has 0 bridgehead atoms. The molecule has 0 saturated heterocycles. The maximum absolute atomic E-state index is 13.9. The van der Waals surface area contributed by atoms with E-state index < -0.39 is 0 Å². The van der Waals surface area contributed by atoms with Gasteiger partial charge in [0, 0.05) is 12.1 Å². The number of rotatable bonds is 6. The van der Waals surface area contributed by atoms with E-state index in [9.17, 15) is 4.39 Å². The Balaban J connectivity index is 1.87. The van der Waals surface area contributed by atoms with E-state index in [1.54, 1.807) is 6.07 Å². The van der Waals surface area contributed by atoms with Crippen molar-refractivity contribution in [1.82, 2.24) is 5.32 Å². The van der Waals surface area contributed by atoms with Gasteiger partial charge in [0.15, 0.2) is 0 Å². The zero-order valence-electron chi connectivity index (χ0n) is 13.5. The molecular formula is C18H28FNO. The molecule has 1 aliphatic rings. The summed E-state index contributed by atoms with van der Waals surface area (Å²) in [6, 6.07) is 5.31. The molecular weight excluding hydrogens is 265 g/mol. The summed E-state index contributed by atoms with van der Waals surface area (Å²) in [4.78, 5) is 0. The van der Waals surface area contributed by atoms with Crippen molar-refractivity contribution in [3.8, 4) is 0 Å². The predicted molar refractivity (Wildman–Crippen MR) is 84.6 cm³/mol. The van der Waals surface area contributed by atoms with Gasteiger partial charge in [-0.25, -0.2) is 4.39 Å². The van der Waals surface area contributed by atoms with Crippen LogP contribution in [0.15, 0.2) is 18.2 Å². The second kappa shape index (κ2) is 7.37. The molecule has 118 valence electrons. The second-order valence-corrected chi connectivity index (χ2v) is 6.88. The fourth-order valence-corrected chi connectivity index (χ4v) is 2.87. The van der Waals surface area contributed by atoms with E-state index in [-0.39, 0.29) is 11.9 Å². The molecule has 0 unspecified atom stereocenters. The van der Waals surface area contributed by atoms with Crippen LogP contribution in [0.3, 0.4) is 0 Å². The van der Waals surface area contributed by atoms with E-state index in [2.05, 4.69) is 26.1 Å². The highest BCUT2D eigenvalue weighted by molar-refractivity contribution is 5.24. The number of halogens is 1. The van der Waals surface area contributed by atoms with Gasteiger partial charge in [-0.1, -0.05) is 26.8 Å². The maximum atomic E-state index is 13.9. The quantitative estimate of drug-likeness (QED) is 0.838. The van der Waals surface area contributed by atoms with Gasteiger partial charge in [0.05, 0.1) is 12.7 Å². The number of hydrogen-bond donors (Lipinski definition) is 1. The van der Waals surface area contributed by atoms with Crippen molar-refractivity contribution < 1.29 is 9.13 Å². The molecule has 3 heteroatoms. The zero-order valence-corrected chi connectivity index (χ0v) is 13.5. The first kappa shape index (κ1) is 16.4. The Morgan fingerprint density at radius 2 is 2.00 bits per heavy atom. The molecule has 21 heavy (non-hydrogen) atoms. The van der Waals surface area contributed by atoms with Gasteiger partial charge in [-0.2, -0.15) is 0 Å². The summed E-state index contributed by atoms with van der Waals surface area (Å²) >= 11 is 0. The Bertz CT molecular complexity index is 449. The van der Waals surface area contributed by atoms with Crippen molar-refractivity contribution in [2.45, 2.75) is 65.7 Å². The summed E-state index contributed by atoms with van der Waals surface area (Å²) in [5.74, 6) is -0.161. The van der Waals surface area contributed by atoms with Gasteiger partial charge in [-0.15, -0.1) is 0 Å².